The number of carbonyl (C=O) groups is 1. The Morgan fingerprint density at radius 1 is 1.43 bits per heavy atom. The molecular weight excluding hydrogens is 182 g/mol. The molecule has 0 saturated carbocycles. The molecule has 1 heterocycles. The first-order valence-electron chi connectivity index (χ1n) is 4.08. The molecule has 14 heavy (non-hydrogen) atoms. The third-order valence-corrected chi connectivity index (χ3v) is 1.97. The van der Waals surface area contributed by atoms with Crippen LogP contribution >= 0.6 is 0 Å². The lowest BCUT2D eigenvalue weighted by Gasteiger charge is -1.96. The van der Waals surface area contributed by atoms with Crippen molar-refractivity contribution >= 4 is 16.9 Å². The molecule has 0 bridgehead atoms. The van der Waals surface area contributed by atoms with Gasteiger partial charge in [-0.1, -0.05) is 0 Å². The maximum absolute atomic E-state index is 10.8. The molecule has 0 unspecified atom stereocenters. The van der Waals surface area contributed by atoms with Crippen LogP contribution < -0.4 is 10.5 Å². The normalized spacial score (nSPS) is 10.4. The number of ether oxygens (including phenoxy) is 1. The van der Waals surface area contributed by atoms with Crippen LogP contribution in [0.2, 0.25) is 0 Å². The van der Waals surface area contributed by atoms with E-state index in [-0.39, 0.29) is 5.76 Å². The monoisotopic (exact) mass is 191 g/mol. The molecule has 2 rings (SSSR count). The summed E-state index contributed by atoms with van der Waals surface area (Å²) in [5.41, 5.74) is 5.68. The lowest BCUT2D eigenvalue weighted by molar-refractivity contribution is 0.0976. The summed E-state index contributed by atoms with van der Waals surface area (Å²) in [6.45, 7) is 0. The van der Waals surface area contributed by atoms with Crippen molar-refractivity contribution in [1.82, 2.24) is 0 Å². The van der Waals surface area contributed by atoms with Gasteiger partial charge in [0, 0.05) is 11.5 Å². The zero-order valence-corrected chi connectivity index (χ0v) is 7.61. The second-order valence-corrected chi connectivity index (χ2v) is 2.88. The Hall–Kier alpha value is -1.97. The van der Waals surface area contributed by atoms with Crippen molar-refractivity contribution in [3.63, 3.8) is 0 Å². The molecule has 1 aromatic heterocycles. The van der Waals surface area contributed by atoms with Crippen LogP contribution in [0.5, 0.6) is 5.75 Å². The lowest BCUT2D eigenvalue weighted by Crippen LogP contribution is -2.08. The zero-order chi connectivity index (χ0) is 10.1. The van der Waals surface area contributed by atoms with E-state index in [1.165, 1.54) is 0 Å². The summed E-state index contributed by atoms with van der Waals surface area (Å²) in [4.78, 5) is 10.8. The van der Waals surface area contributed by atoms with E-state index in [1.807, 2.05) is 6.07 Å². The van der Waals surface area contributed by atoms with Crippen LogP contribution in [-0.4, -0.2) is 13.0 Å². The van der Waals surface area contributed by atoms with Crippen molar-refractivity contribution in [1.29, 1.82) is 0 Å². The molecule has 0 atom stereocenters. The van der Waals surface area contributed by atoms with Gasteiger partial charge in [0.2, 0.25) is 0 Å². The van der Waals surface area contributed by atoms with Gasteiger partial charge in [-0.05, 0) is 18.2 Å². The van der Waals surface area contributed by atoms with E-state index in [1.54, 1.807) is 25.3 Å². The van der Waals surface area contributed by atoms with Gasteiger partial charge in [-0.25, -0.2) is 0 Å². The molecule has 72 valence electrons. The molecule has 0 fully saturated rings. The largest absolute Gasteiger partial charge is 0.497 e. The van der Waals surface area contributed by atoms with Gasteiger partial charge in [0.15, 0.2) is 5.76 Å². The average molecular weight is 191 g/mol. The predicted octanol–water partition coefficient (Wildman–Crippen LogP) is 1.54. The third-order valence-electron chi connectivity index (χ3n) is 1.97. The van der Waals surface area contributed by atoms with Crippen LogP contribution in [0.4, 0.5) is 0 Å². The van der Waals surface area contributed by atoms with Crippen molar-refractivity contribution in [2.75, 3.05) is 7.11 Å². The number of hydrogen-bond donors (Lipinski definition) is 1. The van der Waals surface area contributed by atoms with Crippen molar-refractivity contribution in [2.45, 2.75) is 0 Å². The van der Waals surface area contributed by atoms with Crippen molar-refractivity contribution < 1.29 is 13.9 Å². The Bertz CT molecular complexity index is 487. The smallest absolute Gasteiger partial charge is 0.284 e. The van der Waals surface area contributed by atoms with Gasteiger partial charge in [-0.2, -0.15) is 0 Å². The summed E-state index contributed by atoms with van der Waals surface area (Å²) < 4.78 is 10.2. The SMILES string of the molecule is COc1ccc2cc(C(N)=O)oc2c1. The number of nitrogens with two attached hydrogens (primary N) is 1. The van der Waals surface area contributed by atoms with E-state index < -0.39 is 5.91 Å². The summed E-state index contributed by atoms with van der Waals surface area (Å²) >= 11 is 0. The van der Waals surface area contributed by atoms with Crippen LogP contribution in [0.25, 0.3) is 11.0 Å². The molecule has 1 amide bonds. The fourth-order valence-corrected chi connectivity index (χ4v) is 1.26. The first kappa shape index (κ1) is 8.62. The van der Waals surface area contributed by atoms with E-state index >= 15 is 0 Å². The highest BCUT2D eigenvalue weighted by Crippen LogP contribution is 2.23. The number of primary amides is 1. The van der Waals surface area contributed by atoms with Crippen LogP contribution in [0.15, 0.2) is 28.7 Å². The maximum Gasteiger partial charge on any atom is 0.284 e. The van der Waals surface area contributed by atoms with Gasteiger partial charge in [0.05, 0.1) is 7.11 Å². The zero-order valence-electron chi connectivity index (χ0n) is 7.61. The number of rotatable bonds is 2. The molecule has 0 spiro atoms. The Labute approximate surface area is 80.3 Å². The molecule has 0 aliphatic rings. The molecule has 0 saturated heterocycles. The minimum atomic E-state index is -0.569. The van der Waals surface area contributed by atoms with Gasteiger partial charge < -0.3 is 14.9 Å². The minimum Gasteiger partial charge on any atom is -0.497 e. The second-order valence-electron chi connectivity index (χ2n) is 2.88. The van der Waals surface area contributed by atoms with Crippen molar-refractivity contribution in [2.24, 2.45) is 5.73 Å². The Morgan fingerprint density at radius 3 is 2.86 bits per heavy atom. The van der Waals surface area contributed by atoms with E-state index in [2.05, 4.69) is 0 Å². The van der Waals surface area contributed by atoms with E-state index in [9.17, 15) is 4.79 Å². The predicted molar refractivity (Wildman–Crippen MR) is 51.3 cm³/mol. The molecule has 0 aliphatic carbocycles. The summed E-state index contributed by atoms with van der Waals surface area (Å²) in [5, 5.41) is 0.833. The highest BCUT2D eigenvalue weighted by Gasteiger charge is 2.08. The van der Waals surface area contributed by atoms with Crippen LogP contribution in [0.3, 0.4) is 0 Å². The Balaban J connectivity index is 2.60. The summed E-state index contributed by atoms with van der Waals surface area (Å²) in [7, 11) is 1.57. The lowest BCUT2D eigenvalue weighted by atomic mass is 10.2. The van der Waals surface area contributed by atoms with E-state index in [4.69, 9.17) is 14.9 Å². The van der Waals surface area contributed by atoms with E-state index in [0.29, 0.717) is 11.3 Å². The summed E-state index contributed by atoms with van der Waals surface area (Å²) in [6, 6.07) is 6.92. The molecule has 0 radical (unpaired) electrons. The third kappa shape index (κ3) is 1.31. The fraction of sp³-hybridized carbons (Fsp3) is 0.100. The number of fused-ring (bicyclic) bond motifs is 1. The van der Waals surface area contributed by atoms with Gasteiger partial charge in [-0.3, -0.25) is 4.79 Å². The molecular formula is C10H9NO3. The number of amides is 1. The number of carbonyl (C=O) groups excluding carboxylic acids is 1. The van der Waals surface area contributed by atoms with Crippen LogP contribution in [-0.2, 0) is 0 Å². The Kier molecular flexibility index (Phi) is 1.89. The van der Waals surface area contributed by atoms with Crippen LogP contribution in [0, 0.1) is 0 Å². The topological polar surface area (TPSA) is 65.5 Å². The van der Waals surface area contributed by atoms with Gasteiger partial charge in [0.25, 0.3) is 5.91 Å². The van der Waals surface area contributed by atoms with E-state index in [0.717, 1.165) is 5.39 Å². The standard InChI is InChI=1S/C10H9NO3/c1-13-7-3-2-6-4-9(10(11)12)14-8(6)5-7/h2-5H,1H3,(H2,11,12). The average Bonchev–Trinajstić information content (AvgIpc) is 2.59. The minimum absolute atomic E-state index is 0.160. The number of benzene rings is 1. The Morgan fingerprint density at radius 2 is 2.21 bits per heavy atom. The fourth-order valence-electron chi connectivity index (χ4n) is 1.26. The molecule has 4 heteroatoms. The quantitative estimate of drug-likeness (QED) is 0.782. The molecule has 2 aromatic rings. The number of hydrogen-bond acceptors (Lipinski definition) is 3. The first-order valence-corrected chi connectivity index (χ1v) is 4.08. The molecule has 2 N–H and O–H groups in total. The first-order chi connectivity index (χ1) is 6.70. The van der Waals surface area contributed by atoms with Gasteiger partial charge in [0.1, 0.15) is 11.3 Å². The summed E-state index contributed by atoms with van der Waals surface area (Å²) in [6.07, 6.45) is 0. The maximum atomic E-state index is 10.8. The molecule has 4 nitrogen and oxygen atoms in total. The summed E-state index contributed by atoms with van der Waals surface area (Å²) in [5.74, 6) is 0.274. The molecule has 1 aromatic carbocycles. The highest BCUT2D eigenvalue weighted by molar-refractivity contribution is 5.95. The highest BCUT2D eigenvalue weighted by atomic mass is 16.5. The molecule has 0 aliphatic heterocycles. The van der Waals surface area contributed by atoms with Crippen LogP contribution in [0.1, 0.15) is 10.6 Å². The van der Waals surface area contributed by atoms with Crippen molar-refractivity contribution in [3.05, 3.63) is 30.0 Å². The number of methoxy groups -OCH3 is 1. The van der Waals surface area contributed by atoms with Gasteiger partial charge in [-0.15, -0.1) is 0 Å². The van der Waals surface area contributed by atoms with Gasteiger partial charge >= 0.3 is 0 Å². The van der Waals surface area contributed by atoms with Crippen molar-refractivity contribution in [3.8, 4) is 5.75 Å². The number of furan rings is 1. The second kappa shape index (κ2) is 3.06.